The van der Waals surface area contributed by atoms with Gasteiger partial charge in [-0.2, -0.15) is 0 Å². The van der Waals surface area contributed by atoms with Crippen molar-refractivity contribution in [3.63, 3.8) is 0 Å². The summed E-state index contributed by atoms with van der Waals surface area (Å²) in [5.74, 6) is 2.68. The molecule has 0 spiro atoms. The summed E-state index contributed by atoms with van der Waals surface area (Å²) in [5, 5.41) is 7.74. The second kappa shape index (κ2) is 13.8. The molecule has 10 aromatic rings. The lowest BCUT2D eigenvalue weighted by atomic mass is 9.97. The van der Waals surface area contributed by atoms with Crippen LogP contribution in [0.15, 0.2) is 191 Å². The molecule has 0 aliphatic heterocycles. The van der Waals surface area contributed by atoms with Crippen LogP contribution in [-0.2, 0) is 6.42 Å². The maximum Gasteiger partial charge on any atom is 0.164 e. The first-order valence-corrected chi connectivity index (χ1v) is 19.6. The van der Waals surface area contributed by atoms with Crippen molar-refractivity contribution in [1.29, 1.82) is 0 Å². The van der Waals surface area contributed by atoms with Gasteiger partial charge >= 0.3 is 0 Å². The van der Waals surface area contributed by atoms with E-state index in [0.717, 1.165) is 83.9 Å². The normalized spacial score (nSPS) is 13.5. The molecular weight excluding hydrogens is 711 g/mol. The Kier molecular flexibility index (Phi) is 8.04. The van der Waals surface area contributed by atoms with E-state index >= 15 is 0 Å². The second-order valence-corrected chi connectivity index (χ2v) is 14.7. The van der Waals surface area contributed by atoms with E-state index in [1.807, 2.05) is 48.5 Å². The van der Waals surface area contributed by atoms with Crippen molar-refractivity contribution < 1.29 is 8.83 Å². The minimum absolute atomic E-state index is 0.583. The minimum Gasteiger partial charge on any atom is -0.456 e. The molecule has 0 saturated carbocycles. The van der Waals surface area contributed by atoms with Crippen LogP contribution in [0.5, 0.6) is 0 Å². The van der Waals surface area contributed by atoms with Crippen LogP contribution in [0.25, 0.3) is 106 Å². The van der Waals surface area contributed by atoms with Crippen LogP contribution in [0.2, 0.25) is 0 Å². The summed E-state index contributed by atoms with van der Waals surface area (Å²) in [6, 6.07) is 48.3. The quantitative estimate of drug-likeness (QED) is 0.120. The molecule has 0 bridgehead atoms. The van der Waals surface area contributed by atoms with Gasteiger partial charge in [-0.05, 0) is 75.9 Å². The van der Waals surface area contributed by atoms with E-state index in [-0.39, 0.29) is 0 Å². The lowest BCUT2D eigenvalue weighted by molar-refractivity contribution is 0.599. The minimum atomic E-state index is 0.583. The van der Waals surface area contributed by atoms with E-state index in [2.05, 4.69) is 134 Å². The average molecular weight is 746 g/mol. The summed E-state index contributed by atoms with van der Waals surface area (Å²) in [5.41, 5.74) is 9.51. The number of para-hydroxylation sites is 1. The van der Waals surface area contributed by atoms with E-state index < -0.39 is 0 Å². The lowest BCUT2D eigenvalue weighted by Crippen LogP contribution is -2.00. The first-order valence-electron chi connectivity index (χ1n) is 19.6. The summed E-state index contributed by atoms with van der Waals surface area (Å²) in [7, 11) is 0. The molecule has 1 aliphatic rings. The van der Waals surface area contributed by atoms with Gasteiger partial charge in [0.05, 0.1) is 0 Å². The Balaban J connectivity index is 1.08. The zero-order chi connectivity index (χ0) is 38.6. The Morgan fingerprint density at radius 1 is 0.552 bits per heavy atom. The summed E-state index contributed by atoms with van der Waals surface area (Å²) in [6.45, 7) is 4.06. The van der Waals surface area contributed by atoms with Gasteiger partial charge in [-0.3, -0.25) is 0 Å². The summed E-state index contributed by atoms with van der Waals surface area (Å²) in [4.78, 5) is 15.4. The van der Waals surface area contributed by atoms with Crippen LogP contribution < -0.4 is 0 Å². The van der Waals surface area contributed by atoms with Gasteiger partial charge in [-0.1, -0.05) is 146 Å². The van der Waals surface area contributed by atoms with Crippen LogP contribution in [0.4, 0.5) is 0 Å². The standard InChI is InChI=1S/C53H35N3O2/c1-2-13-41-45-31-37(28-29-46(45)57-48(41)30-33-14-5-3-6-15-33)40-20-11-21-42-49-43(22-12-23-47(49)58-50(40)42)53-55-51(36-17-7-4-8-18-36)54-52(56-53)38-27-26-35-25-24-34-16-9-10-19-39(34)44(35)32-38/h2-12,14,16-32H,1,13,15H2/b33-30-. The van der Waals surface area contributed by atoms with Crippen molar-refractivity contribution in [2.75, 3.05) is 0 Å². The fourth-order valence-electron chi connectivity index (χ4n) is 8.36. The van der Waals surface area contributed by atoms with E-state index in [9.17, 15) is 0 Å². The molecule has 5 nitrogen and oxygen atoms in total. The van der Waals surface area contributed by atoms with Crippen molar-refractivity contribution in [3.05, 3.63) is 193 Å². The summed E-state index contributed by atoms with van der Waals surface area (Å²) in [6.07, 6.45) is 14.1. The van der Waals surface area contributed by atoms with Gasteiger partial charge in [0.1, 0.15) is 22.5 Å². The third-order valence-electron chi connectivity index (χ3n) is 11.1. The maximum absolute atomic E-state index is 6.78. The Labute approximate surface area is 334 Å². The molecular formula is C53H35N3O2. The monoisotopic (exact) mass is 745 g/mol. The number of aromatic nitrogens is 3. The molecule has 0 fully saturated rings. The lowest BCUT2D eigenvalue weighted by Gasteiger charge is -2.10. The van der Waals surface area contributed by atoms with Gasteiger partial charge < -0.3 is 8.83 Å². The fraction of sp³-hybridized carbons (Fsp3) is 0.0377. The van der Waals surface area contributed by atoms with Crippen LogP contribution in [0.3, 0.4) is 0 Å². The van der Waals surface area contributed by atoms with Gasteiger partial charge in [-0.25, -0.2) is 15.0 Å². The molecule has 0 amide bonds. The molecule has 5 heteroatoms. The molecule has 58 heavy (non-hydrogen) atoms. The third-order valence-corrected chi connectivity index (χ3v) is 11.1. The number of nitrogens with zero attached hydrogens (tertiary/aromatic N) is 3. The zero-order valence-corrected chi connectivity index (χ0v) is 31.5. The molecule has 274 valence electrons. The molecule has 3 aromatic heterocycles. The topological polar surface area (TPSA) is 65.0 Å². The SMILES string of the molecule is C=CCc1c(/C=C2/C=CC=CC2)oc2ccc(-c3cccc4c3oc3cccc(-c5nc(-c6ccccc6)nc(-c6ccc7ccc8ccccc8c7c6)n5)c34)cc12. The number of benzene rings is 7. The van der Waals surface area contributed by atoms with Crippen LogP contribution >= 0.6 is 0 Å². The number of allylic oxidation sites excluding steroid dienone is 6. The van der Waals surface area contributed by atoms with Crippen molar-refractivity contribution in [3.8, 4) is 45.3 Å². The number of fused-ring (bicyclic) bond motifs is 7. The summed E-state index contributed by atoms with van der Waals surface area (Å²) < 4.78 is 13.2. The Morgan fingerprint density at radius 3 is 2.14 bits per heavy atom. The highest BCUT2D eigenvalue weighted by molar-refractivity contribution is 6.15. The number of furan rings is 2. The molecule has 3 heterocycles. The van der Waals surface area contributed by atoms with Crippen LogP contribution in [0.1, 0.15) is 17.7 Å². The van der Waals surface area contributed by atoms with E-state index in [4.69, 9.17) is 23.8 Å². The third kappa shape index (κ3) is 5.75. The molecule has 1 aliphatic carbocycles. The molecule has 11 rings (SSSR count). The van der Waals surface area contributed by atoms with Crippen LogP contribution in [0, 0.1) is 0 Å². The van der Waals surface area contributed by atoms with Crippen molar-refractivity contribution in [1.82, 2.24) is 15.0 Å². The first-order chi connectivity index (χ1) is 28.7. The Morgan fingerprint density at radius 2 is 1.28 bits per heavy atom. The molecule has 0 unspecified atom stereocenters. The smallest absolute Gasteiger partial charge is 0.164 e. The molecule has 0 saturated heterocycles. The predicted octanol–water partition coefficient (Wildman–Crippen LogP) is 14.1. The van der Waals surface area contributed by atoms with E-state index in [1.165, 1.54) is 21.7 Å². The fourth-order valence-corrected chi connectivity index (χ4v) is 8.36. The first kappa shape index (κ1) is 33.7. The Hall–Kier alpha value is -7.63. The maximum atomic E-state index is 6.78. The number of hydrogen-bond acceptors (Lipinski definition) is 5. The highest BCUT2D eigenvalue weighted by atomic mass is 16.3. The molecule has 7 aromatic carbocycles. The Bertz CT molecular complexity index is 3360. The number of rotatable bonds is 7. The predicted molar refractivity (Wildman–Crippen MR) is 238 cm³/mol. The molecule has 0 N–H and O–H groups in total. The van der Waals surface area contributed by atoms with Gasteiger partial charge in [0.15, 0.2) is 17.5 Å². The van der Waals surface area contributed by atoms with Gasteiger partial charge in [0.25, 0.3) is 0 Å². The zero-order valence-electron chi connectivity index (χ0n) is 31.5. The molecule has 0 atom stereocenters. The average Bonchev–Trinajstić information content (AvgIpc) is 3.84. The highest BCUT2D eigenvalue weighted by Gasteiger charge is 2.21. The van der Waals surface area contributed by atoms with Crippen molar-refractivity contribution in [2.45, 2.75) is 12.8 Å². The van der Waals surface area contributed by atoms with E-state index in [0.29, 0.717) is 23.9 Å². The van der Waals surface area contributed by atoms with E-state index in [1.54, 1.807) is 0 Å². The van der Waals surface area contributed by atoms with Crippen molar-refractivity contribution in [2.24, 2.45) is 0 Å². The summed E-state index contributed by atoms with van der Waals surface area (Å²) >= 11 is 0. The largest absolute Gasteiger partial charge is 0.456 e. The van der Waals surface area contributed by atoms with Gasteiger partial charge in [0, 0.05) is 44.0 Å². The van der Waals surface area contributed by atoms with Gasteiger partial charge in [-0.15, -0.1) is 6.58 Å². The highest BCUT2D eigenvalue weighted by Crippen LogP contribution is 2.42. The molecule has 0 radical (unpaired) electrons. The van der Waals surface area contributed by atoms with Gasteiger partial charge in [0.2, 0.25) is 0 Å². The number of hydrogen-bond donors (Lipinski definition) is 0. The van der Waals surface area contributed by atoms with Crippen molar-refractivity contribution >= 4 is 60.5 Å². The second-order valence-electron chi connectivity index (χ2n) is 14.7. The van der Waals surface area contributed by atoms with Crippen LogP contribution in [-0.4, -0.2) is 15.0 Å².